The highest BCUT2D eigenvalue weighted by Crippen LogP contribution is 2.23. The van der Waals surface area contributed by atoms with Crippen LogP contribution in [0, 0.1) is 5.92 Å². The fourth-order valence-corrected chi connectivity index (χ4v) is 3.77. The molecule has 3 rings (SSSR count). The number of nitrogens with zero attached hydrogens (tertiary/aromatic N) is 3. The average molecular weight is 385 g/mol. The Hall–Kier alpha value is -2.70. The van der Waals surface area contributed by atoms with Crippen LogP contribution in [0.15, 0.2) is 30.3 Å². The second kappa shape index (κ2) is 8.99. The smallest absolute Gasteiger partial charge is 0.228 e. The van der Waals surface area contributed by atoms with Crippen molar-refractivity contribution in [2.45, 2.75) is 32.7 Å². The zero-order valence-corrected chi connectivity index (χ0v) is 16.3. The van der Waals surface area contributed by atoms with Gasteiger partial charge >= 0.3 is 0 Å². The van der Waals surface area contributed by atoms with Gasteiger partial charge in [0.25, 0.3) is 0 Å². The highest BCUT2D eigenvalue weighted by molar-refractivity contribution is 5.89. The van der Waals surface area contributed by atoms with Gasteiger partial charge in [-0.2, -0.15) is 0 Å². The molecule has 2 fully saturated rings. The summed E-state index contributed by atoms with van der Waals surface area (Å²) < 4.78 is 0. The molecular weight excluding hydrogens is 358 g/mol. The van der Waals surface area contributed by atoms with Gasteiger partial charge in [-0.05, 0) is 12.5 Å². The van der Waals surface area contributed by atoms with Gasteiger partial charge in [0.2, 0.25) is 17.7 Å². The lowest BCUT2D eigenvalue weighted by Crippen LogP contribution is -2.52. The van der Waals surface area contributed by atoms with E-state index in [0.29, 0.717) is 39.3 Å². The standard InChI is InChI=1S/C21H27N3O4/c1-16(25)7-8-19(26)22-9-11-23(12-10-22)21(28)18-13-20(27)24(15-18)14-17-5-3-2-4-6-17/h2-6,18H,7-15H2,1H3. The van der Waals surface area contributed by atoms with Gasteiger partial charge in [-0.15, -0.1) is 0 Å². The lowest BCUT2D eigenvalue weighted by molar-refractivity contribution is -0.142. The number of rotatable bonds is 6. The van der Waals surface area contributed by atoms with Crippen molar-refractivity contribution in [3.8, 4) is 0 Å². The Labute approximate surface area is 165 Å². The number of likely N-dealkylation sites (tertiary alicyclic amines) is 1. The van der Waals surface area contributed by atoms with Gasteiger partial charge in [-0.1, -0.05) is 30.3 Å². The number of amides is 3. The van der Waals surface area contributed by atoms with Crippen molar-refractivity contribution < 1.29 is 19.2 Å². The summed E-state index contributed by atoms with van der Waals surface area (Å²) in [6, 6.07) is 9.77. The molecule has 1 aromatic carbocycles. The van der Waals surface area contributed by atoms with Crippen LogP contribution in [-0.4, -0.2) is 70.9 Å². The van der Waals surface area contributed by atoms with E-state index in [-0.39, 0.29) is 48.7 Å². The molecule has 0 bridgehead atoms. The van der Waals surface area contributed by atoms with E-state index in [1.54, 1.807) is 14.7 Å². The fraction of sp³-hybridized carbons (Fsp3) is 0.524. The maximum Gasteiger partial charge on any atom is 0.228 e. The first-order valence-corrected chi connectivity index (χ1v) is 9.81. The van der Waals surface area contributed by atoms with Crippen LogP contribution in [0.3, 0.4) is 0 Å². The second-order valence-electron chi connectivity index (χ2n) is 7.57. The van der Waals surface area contributed by atoms with Crippen molar-refractivity contribution in [3.63, 3.8) is 0 Å². The van der Waals surface area contributed by atoms with E-state index in [2.05, 4.69) is 0 Å². The zero-order chi connectivity index (χ0) is 20.1. The first kappa shape index (κ1) is 20.0. The van der Waals surface area contributed by atoms with Crippen molar-refractivity contribution in [3.05, 3.63) is 35.9 Å². The summed E-state index contributed by atoms with van der Waals surface area (Å²) in [5.74, 6) is -0.323. The molecule has 1 aromatic rings. The number of Topliss-reactive ketones (excluding diaryl/α,β-unsaturated/α-hetero) is 1. The summed E-state index contributed by atoms with van der Waals surface area (Å²) in [6.45, 7) is 4.38. The molecule has 0 N–H and O–H groups in total. The molecule has 0 aromatic heterocycles. The summed E-state index contributed by atoms with van der Waals surface area (Å²) in [4.78, 5) is 53.5. The maximum absolute atomic E-state index is 12.8. The van der Waals surface area contributed by atoms with Crippen molar-refractivity contribution >= 4 is 23.5 Å². The van der Waals surface area contributed by atoms with E-state index in [1.165, 1.54) is 6.92 Å². The number of carbonyl (C=O) groups excluding carboxylic acids is 4. The SMILES string of the molecule is CC(=O)CCC(=O)N1CCN(C(=O)C2CC(=O)N(Cc3ccccc3)C2)CC1. The van der Waals surface area contributed by atoms with Crippen molar-refractivity contribution in [2.75, 3.05) is 32.7 Å². The van der Waals surface area contributed by atoms with Crippen LogP contribution >= 0.6 is 0 Å². The topological polar surface area (TPSA) is 78.0 Å². The van der Waals surface area contributed by atoms with Crippen LogP contribution in [0.1, 0.15) is 31.7 Å². The van der Waals surface area contributed by atoms with Gasteiger partial charge < -0.3 is 19.5 Å². The number of hydrogen-bond donors (Lipinski definition) is 0. The first-order chi connectivity index (χ1) is 13.4. The molecule has 28 heavy (non-hydrogen) atoms. The van der Waals surface area contributed by atoms with Gasteiger partial charge in [-0.25, -0.2) is 0 Å². The number of benzene rings is 1. The van der Waals surface area contributed by atoms with E-state index in [0.717, 1.165) is 5.56 Å². The van der Waals surface area contributed by atoms with Gasteiger partial charge in [0.1, 0.15) is 5.78 Å². The summed E-state index contributed by atoms with van der Waals surface area (Å²) in [6.07, 6.45) is 0.748. The van der Waals surface area contributed by atoms with E-state index < -0.39 is 0 Å². The van der Waals surface area contributed by atoms with Crippen molar-refractivity contribution in [2.24, 2.45) is 5.92 Å². The fourth-order valence-electron chi connectivity index (χ4n) is 3.77. The molecule has 7 heteroatoms. The molecule has 3 amide bonds. The average Bonchev–Trinajstić information content (AvgIpc) is 3.06. The third kappa shape index (κ3) is 4.97. The molecule has 7 nitrogen and oxygen atoms in total. The molecular formula is C21H27N3O4. The van der Waals surface area contributed by atoms with Crippen LogP contribution in [0.4, 0.5) is 0 Å². The zero-order valence-electron chi connectivity index (χ0n) is 16.3. The lowest BCUT2D eigenvalue weighted by atomic mass is 10.1. The van der Waals surface area contributed by atoms with Crippen LogP contribution in [0.5, 0.6) is 0 Å². The Morgan fingerprint density at radius 3 is 2.25 bits per heavy atom. The van der Waals surface area contributed by atoms with Crippen molar-refractivity contribution in [1.29, 1.82) is 0 Å². The largest absolute Gasteiger partial charge is 0.339 e. The minimum atomic E-state index is -0.309. The van der Waals surface area contributed by atoms with Gasteiger partial charge in [0.05, 0.1) is 5.92 Å². The Balaban J connectivity index is 1.48. The molecule has 0 radical (unpaired) electrons. The quantitative estimate of drug-likeness (QED) is 0.734. The number of ketones is 1. The minimum absolute atomic E-state index is 0.000235. The Kier molecular flexibility index (Phi) is 6.44. The number of piperazine rings is 1. The van der Waals surface area contributed by atoms with Crippen LogP contribution in [0.25, 0.3) is 0 Å². The van der Waals surface area contributed by atoms with E-state index in [4.69, 9.17) is 0 Å². The molecule has 0 saturated carbocycles. The molecule has 0 aliphatic carbocycles. The summed E-state index contributed by atoms with van der Waals surface area (Å²) >= 11 is 0. The summed E-state index contributed by atoms with van der Waals surface area (Å²) in [7, 11) is 0. The Bertz CT molecular complexity index is 741. The van der Waals surface area contributed by atoms with Crippen LogP contribution in [-0.2, 0) is 25.7 Å². The van der Waals surface area contributed by atoms with E-state index in [1.807, 2.05) is 30.3 Å². The van der Waals surface area contributed by atoms with Crippen LogP contribution in [0.2, 0.25) is 0 Å². The third-order valence-corrected chi connectivity index (χ3v) is 5.41. The monoisotopic (exact) mass is 385 g/mol. The van der Waals surface area contributed by atoms with Gasteiger partial charge in [0, 0.05) is 58.5 Å². The first-order valence-electron chi connectivity index (χ1n) is 9.81. The molecule has 0 spiro atoms. The molecule has 2 aliphatic heterocycles. The molecule has 2 heterocycles. The van der Waals surface area contributed by atoms with E-state index >= 15 is 0 Å². The Morgan fingerprint density at radius 2 is 1.61 bits per heavy atom. The summed E-state index contributed by atoms with van der Waals surface area (Å²) in [5.41, 5.74) is 1.06. The highest BCUT2D eigenvalue weighted by atomic mass is 16.2. The maximum atomic E-state index is 12.8. The predicted octanol–water partition coefficient (Wildman–Crippen LogP) is 1.08. The second-order valence-corrected chi connectivity index (χ2v) is 7.57. The molecule has 1 unspecified atom stereocenters. The normalized spacial score (nSPS) is 19.8. The minimum Gasteiger partial charge on any atom is -0.339 e. The highest BCUT2D eigenvalue weighted by Gasteiger charge is 2.37. The van der Waals surface area contributed by atoms with E-state index in [9.17, 15) is 19.2 Å². The molecule has 150 valence electrons. The Morgan fingerprint density at radius 1 is 0.964 bits per heavy atom. The van der Waals surface area contributed by atoms with Gasteiger partial charge in [-0.3, -0.25) is 14.4 Å². The molecule has 1 atom stereocenters. The summed E-state index contributed by atoms with van der Waals surface area (Å²) in [5, 5.41) is 0. The van der Waals surface area contributed by atoms with Crippen LogP contribution < -0.4 is 0 Å². The lowest BCUT2D eigenvalue weighted by Gasteiger charge is -2.36. The third-order valence-electron chi connectivity index (χ3n) is 5.41. The number of hydrogen-bond acceptors (Lipinski definition) is 4. The molecule has 2 aliphatic rings. The van der Waals surface area contributed by atoms with Gasteiger partial charge in [0.15, 0.2) is 0 Å². The number of carbonyl (C=O) groups is 4. The predicted molar refractivity (Wildman–Crippen MR) is 103 cm³/mol. The molecule has 2 saturated heterocycles. The van der Waals surface area contributed by atoms with Crippen molar-refractivity contribution in [1.82, 2.24) is 14.7 Å².